The molecule has 0 aliphatic rings. The van der Waals surface area contributed by atoms with Gasteiger partial charge in [-0.15, -0.1) is 0 Å². The number of nitrogens with zero attached hydrogens (tertiary/aromatic N) is 1. The summed E-state index contributed by atoms with van der Waals surface area (Å²) in [5.41, 5.74) is 6.10. The first kappa shape index (κ1) is 6.48. The molecule has 0 unspecified atom stereocenters. The lowest BCUT2D eigenvalue weighted by atomic mass is 10.4. The van der Waals surface area contributed by atoms with Crippen molar-refractivity contribution >= 4 is 17.4 Å². The number of aromatic nitrogens is 1. The molecule has 0 radical (unpaired) electrons. The highest BCUT2D eigenvalue weighted by Gasteiger charge is 2.00. The van der Waals surface area contributed by atoms with Crippen LogP contribution < -0.4 is 5.73 Å². The van der Waals surface area contributed by atoms with Crippen molar-refractivity contribution in [2.75, 3.05) is 12.0 Å². The second-order valence-electron chi connectivity index (χ2n) is 1.64. The van der Waals surface area contributed by atoms with Crippen molar-refractivity contribution in [3.8, 4) is 0 Å². The molecule has 1 aromatic rings. The molecule has 0 spiro atoms. The van der Waals surface area contributed by atoms with Gasteiger partial charge in [-0.1, -0.05) is 5.16 Å². The largest absolute Gasteiger partial charge is 0.395 e. The predicted octanol–water partition coefficient (Wildman–Crippen LogP) is 1.12. The second kappa shape index (κ2) is 2.77. The van der Waals surface area contributed by atoms with Crippen molar-refractivity contribution in [3.05, 3.63) is 12.0 Å². The molecule has 1 aromatic heterocycles. The molecule has 4 heteroatoms. The third-order valence-electron chi connectivity index (χ3n) is 0.952. The maximum Gasteiger partial charge on any atom is 0.169 e. The van der Waals surface area contributed by atoms with Crippen molar-refractivity contribution in [2.45, 2.75) is 5.75 Å². The van der Waals surface area contributed by atoms with E-state index in [9.17, 15) is 0 Å². The van der Waals surface area contributed by atoms with Gasteiger partial charge >= 0.3 is 0 Å². The lowest BCUT2D eigenvalue weighted by Gasteiger charge is -1.88. The second-order valence-corrected chi connectivity index (χ2v) is 2.50. The number of nitrogens with two attached hydrogens (primary N) is 1. The van der Waals surface area contributed by atoms with Gasteiger partial charge in [-0.25, -0.2) is 0 Å². The molecule has 1 rings (SSSR count). The van der Waals surface area contributed by atoms with Crippen LogP contribution in [0.25, 0.3) is 0 Å². The Morgan fingerprint density at radius 3 is 3.11 bits per heavy atom. The van der Waals surface area contributed by atoms with Crippen molar-refractivity contribution < 1.29 is 4.52 Å². The first-order valence-electron chi connectivity index (χ1n) is 2.52. The smallest absolute Gasteiger partial charge is 0.169 e. The third-order valence-corrected chi connectivity index (χ3v) is 1.50. The lowest BCUT2D eigenvalue weighted by molar-refractivity contribution is 0.395. The summed E-state index contributed by atoms with van der Waals surface area (Å²) in [5.74, 6) is 1.56. The summed E-state index contributed by atoms with van der Waals surface area (Å²) in [6.45, 7) is 0. The molecule has 0 fully saturated rings. The quantitative estimate of drug-likeness (QED) is 0.675. The number of nitrogen functional groups attached to an aromatic ring is 1. The fraction of sp³-hybridized carbons (Fsp3) is 0.400. The highest BCUT2D eigenvalue weighted by Crippen LogP contribution is 2.14. The molecule has 2 N–H and O–H groups in total. The zero-order valence-electron chi connectivity index (χ0n) is 5.13. The molecule has 50 valence electrons. The van der Waals surface area contributed by atoms with Crippen LogP contribution in [0.2, 0.25) is 0 Å². The van der Waals surface area contributed by atoms with Crippen LogP contribution >= 0.6 is 11.8 Å². The van der Waals surface area contributed by atoms with E-state index >= 15 is 0 Å². The maximum atomic E-state index is 5.46. The van der Waals surface area contributed by atoms with Crippen LogP contribution in [0.15, 0.2) is 10.7 Å². The van der Waals surface area contributed by atoms with E-state index in [0.717, 1.165) is 11.5 Å². The van der Waals surface area contributed by atoms with Gasteiger partial charge in [-0.2, -0.15) is 11.8 Å². The Labute approximate surface area is 57.6 Å². The average molecular weight is 144 g/mol. The molecule has 0 atom stereocenters. The van der Waals surface area contributed by atoms with Crippen LogP contribution in [0.4, 0.5) is 5.69 Å². The topological polar surface area (TPSA) is 52.0 Å². The van der Waals surface area contributed by atoms with Crippen molar-refractivity contribution in [2.24, 2.45) is 0 Å². The Balaban J connectivity index is 2.69. The summed E-state index contributed by atoms with van der Waals surface area (Å²) < 4.78 is 4.81. The molecule has 0 amide bonds. The predicted molar refractivity (Wildman–Crippen MR) is 38.1 cm³/mol. The van der Waals surface area contributed by atoms with Gasteiger partial charge in [0.1, 0.15) is 0 Å². The molecule has 3 nitrogen and oxygen atoms in total. The van der Waals surface area contributed by atoms with Crippen LogP contribution in [0.5, 0.6) is 0 Å². The Hall–Kier alpha value is -0.640. The summed E-state index contributed by atoms with van der Waals surface area (Å²) in [7, 11) is 0. The molecule has 0 aliphatic carbocycles. The SMILES string of the molecule is CSCc1oncc1N. The number of anilines is 1. The van der Waals surface area contributed by atoms with Gasteiger partial charge in [0.05, 0.1) is 17.6 Å². The van der Waals surface area contributed by atoms with Gasteiger partial charge in [0.2, 0.25) is 0 Å². The zero-order chi connectivity index (χ0) is 6.69. The van der Waals surface area contributed by atoms with E-state index < -0.39 is 0 Å². The van der Waals surface area contributed by atoms with E-state index in [1.165, 1.54) is 6.20 Å². The van der Waals surface area contributed by atoms with E-state index in [4.69, 9.17) is 10.3 Å². The maximum absolute atomic E-state index is 5.46. The van der Waals surface area contributed by atoms with Crippen LogP contribution in [0, 0.1) is 0 Å². The fourth-order valence-electron chi connectivity index (χ4n) is 0.512. The van der Waals surface area contributed by atoms with Gasteiger partial charge in [0, 0.05) is 0 Å². The van der Waals surface area contributed by atoms with Crippen molar-refractivity contribution in [1.82, 2.24) is 5.16 Å². The summed E-state index contributed by atoms with van der Waals surface area (Å²) in [6.07, 6.45) is 3.51. The van der Waals surface area contributed by atoms with E-state index in [2.05, 4.69) is 5.16 Å². The highest BCUT2D eigenvalue weighted by atomic mass is 32.2. The van der Waals surface area contributed by atoms with E-state index in [1.807, 2.05) is 6.26 Å². The molecular weight excluding hydrogens is 136 g/mol. The van der Waals surface area contributed by atoms with E-state index in [1.54, 1.807) is 11.8 Å². The molecular formula is C5H8N2OS. The minimum atomic E-state index is 0.643. The average Bonchev–Trinajstić information content (AvgIpc) is 2.18. The van der Waals surface area contributed by atoms with Gasteiger partial charge in [0.25, 0.3) is 0 Å². The molecule has 0 bridgehead atoms. The van der Waals surface area contributed by atoms with Crippen LogP contribution in [-0.4, -0.2) is 11.4 Å². The van der Waals surface area contributed by atoms with Gasteiger partial charge in [0.15, 0.2) is 5.76 Å². The van der Waals surface area contributed by atoms with Gasteiger partial charge < -0.3 is 10.3 Å². The van der Waals surface area contributed by atoms with Crippen molar-refractivity contribution in [1.29, 1.82) is 0 Å². The Kier molecular flexibility index (Phi) is 2.00. The van der Waals surface area contributed by atoms with Crippen LogP contribution in [0.1, 0.15) is 5.76 Å². The van der Waals surface area contributed by atoms with Gasteiger partial charge in [-0.3, -0.25) is 0 Å². The minimum Gasteiger partial charge on any atom is -0.395 e. The molecule has 0 aromatic carbocycles. The summed E-state index contributed by atoms with van der Waals surface area (Å²) in [4.78, 5) is 0. The summed E-state index contributed by atoms with van der Waals surface area (Å²) >= 11 is 1.66. The molecule has 0 saturated heterocycles. The Bertz CT molecular complexity index is 187. The Morgan fingerprint density at radius 1 is 1.89 bits per heavy atom. The van der Waals surface area contributed by atoms with Crippen LogP contribution in [0.3, 0.4) is 0 Å². The number of hydrogen-bond donors (Lipinski definition) is 1. The van der Waals surface area contributed by atoms with E-state index in [0.29, 0.717) is 5.69 Å². The number of rotatable bonds is 2. The third kappa shape index (κ3) is 1.38. The van der Waals surface area contributed by atoms with Crippen molar-refractivity contribution in [3.63, 3.8) is 0 Å². The normalized spacial score (nSPS) is 9.89. The monoisotopic (exact) mass is 144 g/mol. The van der Waals surface area contributed by atoms with Gasteiger partial charge in [-0.05, 0) is 6.26 Å². The molecule has 0 saturated carbocycles. The zero-order valence-corrected chi connectivity index (χ0v) is 5.94. The van der Waals surface area contributed by atoms with Crippen LogP contribution in [-0.2, 0) is 5.75 Å². The molecule has 9 heavy (non-hydrogen) atoms. The number of hydrogen-bond acceptors (Lipinski definition) is 4. The first-order chi connectivity index (χ1) is 4.34. The fourth-order valence-corrected chi connectivity index (χ4v) is 0.994. The molecule has 1 heterocycles. The summed E-state index contributed by atoms with van der Waals surface area (Å²) in [6, 6.07) is 0. The molecule has 0 aliphatic heterocycles. The first-order valence-corrected chi connectivity index (χ1v) is 3.92. The standard InChI is InChI=1S/C5H8N2OS/c1-9-3-5-4(6)2-7-8-5/h2H,3,6H2,1H3. The summed E-state index contributed by atoms with van der Waals surface area (Å²) in [5, 5.41) is 3.53. The Morgan fingerprint density at radius 2 is 2.67 bits per heavy atom. The number of thioether (sulfide) groups is 1. The van der Waals surface area contributed by atoms with E-state index in [-0.39, 0.29) is 0 Å². The minimum absolute atomic E-state index is 0.643. The highest BCUT2D eigenvalue weighted by molar-refractivity contribution is 7.97. The lowest BCUT2D eigenvalue weighted by Crippen LogP contribution is -1.85.